The molecule has 5 heteroatoms. The minimum Gasteiger partial charge on any atom is -0.325 e. The van der Waals surface area contributed by atoms with Crippen LogP contribution in [0.5, 0.6) is 0 Å². The molecule has 0 saturated heterocycles. The zero-order chi connectivity index (χ0) is 18.6. The molecule has 0 aliphatic carbocycles. The van der Waals surface area contributed by atoms with Crippen LogP contribution >= 0.6 is 0 Å². The van der Waals surface area contributed by atoms with E-state index in [2.05, 4.69) is 40.3 Å². The first-order valence-electron chi connectivity index (χ1n) is 9.46. The lowest BCUT2D eigenvalue weighted by Crippen LogP contribution is -2.35. The summed E-state index contributed by atoms with van der Waals surface area (Å²) in [6.07, 6.45) is 1.71. The average Bonchev–Trinajstić information content (AvgIpc) is 2.70. The number of para-hydroxylation sites is 1. The summed E-state index contributed by atoms with van der Waals surface area (Å²) in [5, 5.41) is 3.29. The highest BCUT2D eigenvalue weighted by atomic mass is 16.1. The highest BCUT2D eigenvalue weighted by Crippen LogP contribution is 2.21. The van der Waals surface area contributed by atoms with Gasteiger partial charge in [-0.1, -0.05) is 55.5 Å². The Labute approximate surface area is 159 Å². The van der Waals surface area contributed by atoms with Gasteiger partial charge in [-0.2, -0.15) is 0 Å². The summed E-state index contributed by atoms with van der Waals surface area (Å²) < 4.78 is 0. The molecule has 5 nitrogen and oxygen atoms in total. The van der Waals surface area contributed by atoms with E-state index in [-0.39, 0.29) is 5.56 Å². The molecule has 0 fully saturated rings. The van der Waals surface area contributed by atoms with E-state index in [0.29, 0.717) is 12.5 Å². The summed E-state index contributed by atoms with van der Waals surface area (Å²) in [5.41, 5.74) is 5.09. The number of hydrogen-bond donors (Lipinski definition) is 2. The molecule has 2 aromatic carbocycles. The fraction of sp³-hybridized carbons (Fsp3) is 0.273. The number of rotatable bonds is 5. The molecule has 0 amide bonds. The lowest BCUT2D eigenvalue weighted by Gasteiger charge is -2.27. The van der Waals surface area contributed by atoms with E-state index in [1.165, 1.54) is 11.1 Å². The fourth-order valence-corrected chi connectivity index (χ4v) is 3.59. The second-order valence-corrected chi connectivity index (χ2v) is 6.92. The van der Waals surface area contributed by atoms with Crippen molar-refractivity contribution < 1.29 is 0 Å². The number of nitrogens with one attached hydrogen (secondary N) is 2. The van der Waals surface area contributed by atoms with Gasteiger partial charge in [0.1, 0.15) is 0 Å². The van der Waals surface area contributed by atoms with Crippen molar-refractivity contribution in [2.45, 2.75) is 32.9 Å². The van der Waals surface area contributed by atoms with Crippen LogP contribution in [-0.4, -0.2) is 21.4 Å². The maximum Gasteiger partial charge on any atom is 0.257 e. The maximum atomic E-state index is 12.7. The smallest absolute Gasteiger partial charge is 0.257 e. The first kappa shape index (κ1) is 17.5. The lowest BCUT2D eigenvalue weighted by atomic mass is 10.1. The van der Waals surface area contributed by atoms with Crippen LogP contribution < -0.4 is 10.9 Å². The SMILES string of the molecule is CCc1ccccc1Nc1nc2c(c(=O)[nH]1)CN(Cc1ccccc1)CC2. The van der Waals surface area contributed by atoms with E-state index in [1.807, 2.05) is 36.4 Å². The monoisotopic (exact) mass is 360 g/mol. The van der Waals surface area contributed by atoms with Gasteiger partial charge in [0.05, 0.1) is 11.3 Å². The van der Waals surface area contributed by atoms with Crippen LogP contribution in [0.3, 0.4) is 0 Å². The predicted octanol–water partition coefficient (Wildman–Crippen LogP) is 3.63. The quantitative estimate of drug-likeness (QED) is 0.729. The number of benzene rings is 2. The average molecular weight is 360 g/mol. The Morgan fingerprint density at radius 1 is 1.11 bits per heavy atom. The van der Waals surface area contributed by atoms with Crippen molar-refractivity contribution in [2.75, 3.05) is 11.9 Å². The summed E-state index contributed by atoms with van der Waals surface area (Å²) in [5.74, 6) is 0.524. The van der Waals surface area contributed by atoms with Crippen molar-refractivity contribution >= 4 is 11.6 Å². The molecule has 1 aliphatic heterocycles. The molecule has 2 heterocycles. The van der Waals surface area contributed by atoms with Gasteiger partial charge in [-0.05, 0) is 23.6 Å². The molecule has 0 bridgehead atoms. The normalized spacial score (nSPS) is 14.0. The first-order chi connectivity index (χ1) is 13.2. The Morgan fingerprint density at radius 3 is 2.70 bits per heavy atom. The molecule has 2 N–H and O–H groups in total. The topological polar surface area (TPSA) is 61.0 Å². The van der Waals surface area contributed by atoms with E-state index in [0.717, 1.165) is 42.9 Å². The summed E-state index contributed by atoms with van der Waals surface area (Å²) >= 11 is 0. The number of hydrogen-bond acceptors (Lipinski definition) is 4. The number of aryl methyl sites for hydroxylation is 1. The van der Waals surface area contributed by atoms with Crippen molar-refractivity contribution in [3.8, 4) is 0 Å². The molecular weight excluding hydrogens is 336 g/mol. The fourth-order valence-electron chi connectivity index (χ4n) is 3.59. The molecule has 138 valence electrons. The highest BCUT2D eigenvalue weighted by molar-refractivity contribution is 5.58. The molecule has 0 spiro atoms. The third-order valence-corrected chi connectivity index (χ3v) is 5.05. The van der Waals surface area contributed by atoms with Gasteiger partial charge in [0.2, 0.25) is 5.95 Å². The van der Waals surface area contributed by atoms with Gasteiger partial charge < -0.3 is 5.32 Å². The van der Waals surface area contributed by atoms with E-state index in [4.69, 9.17) is 4.98 Å². The van der Waals surface area contributed by atoms with Gasteiger partial charge in [0, 0.05) is 31.7 Å². The largest absolute Gasteiger partial charge is 0.325 e. The van der Waals surface area contributed by atoms with Crippen LogP contribution in [0.25, 0.3) is 0 Å². The molecule has 27 heavy (non-hydrogen) atoms. The minimum absolute atomic E-state index is 0.0470. The molecule has 1 aliphatic rings. The summed E-state index contributed by atoms with van der Waals surface area (Å²) in [6.45, 7) is 4.51. The second kappa shape index (κ2) is 7.76. The zero-order valence-corrected chi connectivity index (χ0v) is 15.5. The van der Waals surface area contributed by atoms with Crippen LogP contribution in [0.4, 0.5) is 11.6 Å². The van der Waals surface area contributed by atoms with Crippen LogP contribution in [-0.2, 0) is 25.9 Å². The third kappa shape index (κ3) is 3.93. The van der Waals surface area contributed by atoms with Gasteiger partial charge in [0.25, 0.3) is 5.56 Å². The summed E-state index contributed by atoms with van der Waals surface area (Å²) in [4.78, 5) is 22.6. The van der Waals surface area contributed by atoms with E-state index < -0.39 is 0 Å². The van der Waals surface area contributed by atoms with Crippen molar-refractivity contribution in [1.82, 2.24) is 14.9 Å². The zero-order valence-electron chi connectivity index (χ0n) is 15.5. The Hall–Kier alpha value is -2.92. The minimum atomic E-state index is -0.0470. The summed E-state index contributed by atoms with van der Waals surface area (Å²) in [7, 11) is 0. The number of nitrogens with zero attached hydrogens (tertiary/aromatic N) is 2. The Morgan fingerprint density at radius 2 is 1.89 bits per heavy atom. The predicted molar refractivity (Wildman–Crippen MR) is 108 cm³/mol. The highest BCUT2D eigenvalue weighted by Gasteiger charge is 2.21. The van der Waals surface area contributed by atoms with Crippen molar-refractivity contribution in [1.29, 1.82) is 0 Å². The molecule has 3 aromatic rings. The third-order valence-electron chi connectivity index (χ3n) is 5.05. The van der Waals surface area contributed by atoms with Gasteiger partial charge in [-0.15, -0.1) is 0 Å². The summed E-state index contributed by atoms with van der Waals surface area (Å²) in [6, 6.07) is 18.5. The molecule has 0 radical (unpaired) electrons. The van der Waals surface area contributed by atoms with Crippen LogP contribution in [0.15, 0.2) is 59.4 Å². The van der Waals surface area contributed by atoms with Crippen molar-refractivity contribution in [2.24, 2.45) is 0 Å². The molecular formula is C22H24N4O. The van der Waals surface area contributed by atoms with Gasteiger partial charge >= 0.3 is 0 Å². The Kier molecular flexibility index (Phi) is 5.03. The Bertz CT molecular complexity index is 981. The van der Waals surface area contributed by atoms with E-state index in [1.54, 1.807) is 0 Å². The number of anilines is 2. The number of aromatic nitrogens is 2. The molecule has 1 aromatic heterocycles. The van der Waals surface area contributed by atoms with Crippen LogP contribution in [0.1, 0.15) is 29.3 Å². The van der Waals surface area contributed by atoms with Gasteiger partial charge in [-0.25, -0.2) is 4.98 Å². The lowest BCUT2D eigenvalue weighted by molar-refractivity contribution is 0.242. The first-order valence-corrected chi connectivity index (χ1v) is 9.46. The molecule has 0 unspecified atom stereocenters. The van der Waals surface area contributed by atoms with Crippen molar-refractivity contribution in [3.05, 3.63) is 87.3 Å². The number of aromatic amines is 1. The molecule has 0 saturated carbocycles. The van der Waals surface area contributed by atoms with E-state index in [9.17, 15) is 4.79 Å². The molecule has 0 atom stereocenters. The number of H-pyrrole nitrogens is 1. The Balaban J connectivity index is 1.54. The van der Waals surface area contributed by atoms with Gasteiger partial charge in [-0.3, -0.25) is 14.7 Å². The van der Waals surface area contributed by atoms with Crippen LogP contribution in [0, 0.1) is 0 Å². The van der Waals surface area contributed by atoms with Crippen molar-refractivity contribution in [3.63, 3.8) is 0 Å². The van der Waals surface area contributed by atoms with Gasteiger partial charge in [0.15, 0.2) is 0 Å². The van der Waals surface area contributed by atoms with Crippen LogP contribution in [0.2, 0.25) is 0 Å². The number of fused-ring (bicyclic) bond motifs is 1. The second-order valence-electron chi connectivity index (χ2n) is 6.92. The van der Waals surface area contributed by atoms with E-state index >= 15 is 0 Å². The maximum absolute atomic E-state index is 12.7. The molecule has 4 rings (SSSR count). The standard InChI is InChI=1S/C22H24N4O/c1-2-17-10-6-7-11-19(17)23-22-24-20-12-13-26(15-18(20)21(27)25-22)14-16-8-4-3-5-9-16/h3-11H,2,12-15H2,1H3,(H2,23,24,25,27).